The molecule has 12 heavy (non-hydrogen) atoms. The highest BCUT2D eigenvalue weighted by Crippen LogP contribution is 2.34. The quantitative estimate of drug-likeness (QED) is 0.541. The van der Waals surface area contributed by atoms with Gasteiger partial charge in [-0.25, -0.2) is 0 Å². The van der Waals surface area contributed by atoms with Crippen molar-refractivity contribution in [2.24, 2.45) is 0 Å². The molecule has 70 valence electrons. The smallest absolute Gasteiger partial charge is 0.0679 e. The van der Waals surface area contributed by atoms with Gasteiger partial charge >= 0.3 is 0 Å². The van der Waals surface area contributed by atoms with Gasteiger partial charge in [0.25, 0.3) is 0 Å². The molecule has 2 aliphatic heterocycles. The first-order valence-electron chi connectivity index (χ1n) is 5.10. The summed E-state index contributed by atoms with van der Waals surface area (Å²) < 4.78 is 0. The van der Waals surface area contributed by atoms with Gasteiger partial charge in [0.1, 0.15) is 0 Å². The summed E-state index contributed by atoms with van der Waals surface area (Å²) in [5.74, 6) is 0. The Balaban J connectivity index is 2.18. The molecule has 0 radical (unpaired) electrons. The molecule has 0 spiro atoms. The Labute approximate surface area is 75.5 Å². The van der Waals surface area contributed by atoms with Gasteiger partial charge in [-0.05, 0) is 40.2 Å². The van der Waals surface area contributed by atoms with Crippen LogP contribution in [0.2, 0.25) is 0 Å². The molecule has 1 atom stereocenters. The highest BCUT2D eigenvalue weighted by molar-refractivity contribution is 4.94. The predicted octanol–water partition coefficient (Wildman–Crippen LogP) is 1.52. The van der Waals surface area contributed by atoms with Crippen molar-refractivity contribution in [1.82, 2.24) is 9.80 Å². The monoisotopic (exact) mass is 168 g/mol. The Morgan fingerprint density at radius 3 is 2.67 bits per heavy atom. The number of fused-ring (bicyclic) bond motifs is 1. The third-order valence-electron chi connectivity index (χ3n) is 3.81. The normalized spacial score (nSPS) is 36.8. The van der Waals surface area contributed by atoms with Gasteiger partial charge in [-0.2, -0.15) is 0 Å². The molecule has 0 bridgehead atoms. The molecule has 0 saturated carbocycles. The van der Waals surface area contributed by atoms with Gasteiger partial charge in [-0.15, -0.1) is 0 Å². The lowest BCUT2D eigenvalue weighted by Gasteiger charge is -2.50. The first-order valence-corrected chi connectivity index (χ1v) is 5.10. The fraction of sp³-hybridized carbons (Fsp3) is 1.00. The zero-order valence-electron chi connectivity index (χ0n) is 8.51. The summed E-state index contributed by atoms with van der Waals surface area (Å²) in [6.45, 7) is 7.28. The Bertz CT molecular complexity index is 177. The first-order chi connectivity index (χ1) is 5.62. The first kappa shape index (κ1) is 8.52. The van der Waals surface area contributed by atoms with Gasteiger partial charge in [0.15, 0.2) is 0 Å². The number of hydrogen-bond acceptors (Lipinski definition) is 2. The Morgan fingerprint density at radius 1 is 1.17 bits per heavy atom. The SMILES string of the molecule is CN1CCC2CCCN2C1(C)C. The second-order valence-electron chi connectivity index (χ2n) is 4.69. The minimum atomic E-state index is 0.305. The van der Waals surface area contributed by atoms with E-state index in [1.54, 1.807) is 0 Å². The molecule has 0 aliphatic carbocycles. The summed E-state index contributed by atoms with van der Waals surface area (Å²) in [7, 11) is 2.24. The largest absolute Gasteiger partial charge is 0.289 e. The van der Waals surface area contributed by atoms with Crippen molar-refractivity contribution in [3.8, 4) is 0 Å². The fourth-order valence-corrected chi connectivity index (χ4v) is 2.69. The Hall–Kier alpha value is -0.0800. The summed E-state index contributed by atoms with van der Waals surface area (Å²) in [4.78, 5) is 5.16. The van der Waals surface area contributed by atoms with Crippen LogP contribution in [-0.4, -0.2) is 41.6 Å². The maximum atomic E-state index is 2.68. The van der Waals surface area contributed by atoms with Crippen LogP contribution in [0.1, 0.15) is 33.1 Å². The summed E-state index contributed by atoms with van der Waals surface area (Å²) in [6, 6.07) is 0.885. The zero-order chi connectivity index (χ0) is 8.77. The van der Waals surface area contributed by atoms with E-state index in [1.807, 2.05) is 0 Å². The van der Waals surface area contributed by atoms with Crippen LogP contribution < -0.4 is 0 Å². The number of nitrogens with zero attached hydrogens (tertiary/aromatic N) is 2. The van der Waals surface area contributed by atoms with Crippen molar-refractivity contribution in [1.29, 1.82) is 0 Å². The maximum absolute atomic E-state index is 2.68. The molecule has 2 fully saturated rings. The van der Waals surface area contributed by atoms with Crippen LogP contribution in [0.4, 0.5) is 0 Å². The standard InChI is InChI=1S/C10H20N2/c1-10(2)11(3)8-6-9-5-4-7-12(9)10/h9H,4-8H2,1-3H3. The van der Waals surface area contributed by atoms with Gasteiger partial charge in [0, 0.05) is 19.1 Å². The third kappa shape index (κ3) is 1.09. The molecule has 0 aromatic rings. The van der Waals surface area contributed by atoms with Crippen molar-refractivity contribution >= 4 is 0 Å². The Kier molecular flexibility index (Phi) is 1.92. The average molecular weight is 168 g/mol. The van der Waals surface area contributed by atoms with Crippen molar-refractivity contribution in [2.45, 2.75) is 44.8 Å². The van der Waals surface area contributed by atoms with Gasteiger partial charge in [0.2, 0.25) is 0 Å². The molecule has 0 aromatic carbocycles. The van der Waals surface area contributed by atoms with Crippen molar-refractivity contribution in [3.05, 3.63) is 0 Å². The molecule has 0 aromatic heterocycles. The molecule has 0 amide bonds. The van der Waals surface area contributed by atoms with Crippen LogP contribution >= 0.6 is 0 Å². The summed E-state index contributed by atoms with van der Waals surface area (Å²) in [5, 5.41) is 0. The lowest BCUT2D eigenvalue weighted by atomic mass is 10.0. The van der Waals surface area contributed by atoms with E-state index in [0.717, 1.165) is 6.04 Å². The van der Waals surface area contributed by atoms with Crippen LogP contribution in [-0.2, 0) is 0 Å². The Morgan fingerprint density at radius 2 is 1.92 bits per heavy atom. The van der Waals surface area contributed by atoms with Crippen LogP contribution in [0, 0.1) is 0 Å². The van der Waals surface area contributed by atoms with Gasteiger partial charge in [0.05, 0.1) is 5.66 Å². The van der Waals surface area contributed by atoms with E-state index in [2.05, 4.69) is 30.7 Å². The number of rotatable bonds is 0. The van der Waals surface area contributed by atoms with Crippen LogP contribution in [0.25, 0.3) is 0 Å². The van der Waals surface area contributed by atoms with Crippen LogP contribution in [0.3, 0.4) is 0 Å². The molecule has 2 rings (SSSR count). The highest BCUT2D eigenvalue weighted by Gasteiger charge is 2.41. The summed E-state index contributed by atoms with van der Waals surface area (Å²) in [5.41, 5.74) is 0.305. The topological polar surface area (TPSA) is 6.48 Å². The van der Waals surface area contributed by atoms with E-state index in [9.17, 15) is 0 Å². The van der Waals surface area contributed by atoms with Gasteiger partial charge < -0.3 is 0 Å². The van der Waals surface area contributed by atoms with Gasteiger partial charge in [-0.1, -0.05) is 0 Å². The van der Waals surface area contributed by atoms with E-state index in [0.29, 0.717) is 5.66 Å². The molecule has 2 saturated heterocycles. The van der Waals surface area contributed by atoms with E-state index in [4.69, 9.17) is 0 Å². The van der Waals surface area contributed by atoms with Crippen molar-refractivity contribution in [2.75, 3.05) is 20.1 Å². The van der Waals surface area contributed by atoms with Crippen LogP contribution in [0.5, 0.6) is 0 Å². The lowest BCUT2D eigenvalue weighted by molar-refractivity contribution is -0.0632. The van der Waals surface area contributed by atoms with Crippen molar-refractivity contribution < 1.29 is 0 Å². The summed E-state index contributed by atoms with van der Waals surface area (Å²) in [6.07, 6.45) is 4.21. The maximum Gasteiger partial charge on any atom is 0.0679 e. The molecule has 2 aliphatic rings. The fourth-order valence-electron chi connectivity index (χ4n) is 2.69. The van der Waals surface area contributed by atoms with E-state index in [1.165, 1.54) is 32.4 Å². The molecular formula is C10H20N2. The third-order valence-corrected chi connectivity index (χ3v) is 3.81. The molecule has 1 unspecified atom stereocenters. The van der Waals surface area contributed by atoms with E-state index >= 15 is 0 Å². The van der Waals surface area contributed by atoms with E-state index in [-0.39, 0.29) is 0 Å². The van der Waals surface area contributed by atoms with E-state index < -0.39 is 0 Å². The second-order valence-corrected chi connectivity index (χ2v) is 4.69. The molecule has 2 heteroatoms. The summed E-state index contributed by atoms with van der Waals surface area (Å²) >= 11 is 0. The predicted molar refractivity (Wildman–Crippen MR) is 51.1 cm³/mol. The lowest BCUT2D eigenvalue weighted by Crippen LogP contribution is -2.61. The van der Waals surface area contributed by atoms with Gasteiger partial charge in [-0.3, -0.25) is 9.80 Å². The molecule has 2 nitrogen and oxygen atoms in total. The molecule has 0 N–H and O–H groups in total. The average Bonchev–Trinajstić information content (AvgIpc) is 2.46. The zero-order valence-corrected chi connectivity index (χ0v) is 8.51. The highest BCUT2D eigenvalue weighted by atomic mass is 15.4. The number of hydrogen-bond donors (Lipinski definition) is 0. The second kappa shape index (κ2) is 2.71. The molecule has 2 heterocycles. The minimum absolute atomic E-state index is 0.305. The van der Waals surface area contributed by atoms with Crippen LogP contribution in [0.15, 0.2) is 0 Å². The minimum Gasteiger partial charge on any atom is -0.289 e. The molecular weight excluding hydrogens is 148 g/mol. The van der Waals surface area contributed by atoms with Crippen molar-refractivity contribution in [3.63, 3.8) is 0 Å².